The number of carbonyl (C=O) groups excluding carboxylic acids is 2. The molecule has 3 aromatic heterocycles. The minimum atomic E-state index is -0.443. The highest BCUT2D eigenvalue weighted by atomic mass is 16.5. The number of nitrogens with zero attached hydrogens (tertiary/aromatic N) is 5. The maximum atomic E-state index is 12.2. The van der Waals surface area contributed by atoms with Gasteiger partial charge in [-0.3, -0.25) is 9.59 Å². The predicted octanol–water partition coefficient (Wildman–Crippen LogP) is 1.76. The van der Waals surface area contributed by atoms with E-state index in [0.29, 0.717) is 36.5 Å². The summed E-state index contributed by atoms with van der Waals surface area (Å²) in [7, 11) is 0. The third-order valence-electron chi connectivity index (χ3n) is 4.73. The molecule has 2 N–H and O–H groups in total. The summed E-state index contributed by atoms with van der Waals surface area (Å²) in [4.78, 5) is 28.4. The lowest BCUT2D eigenvalue weighted by atomic mass is 10.1. The van der Waals surface area contributed by atoms with E-state index < -0.39 is 5.91 Å². The van der Waals surface area contributed by atoms with Crippen LogP contribution < -0.4 is 10.6 Å². The molecule has 4 heterocycles. The normalized spacial score (nSPS) is 16.7. The zero-order valence-corrected chi connectivity index (χ0v) is 17.0. The Morgan fingerprint density at radius 3 is 2.90 bits per heavy atom. The smallest absolute Gasteiger partial charge is 0.309 e. The van der Waals surface area contributed by atoms with Crippen LogP contribution in [0, 0.1) is 0 Å². The van der Waals surface area contributed by atoms with Crippen LogP contribution in [0.15, 0.2) is 16.8 Å². The fraction of sp³-hybridized carbons (Fsp3) is 0.474. The second-order valence-corrected chi connectivity index (χ2v) is 7.34. The minimum absolute atomic E-state index is 0.0611. The molecule has 0 radical (unpaired) electrons. The van der Waals surface area contributed by atoms with E-state index in [1.165, 1.54) is 0 Å². The molecule has 11 heteroatoms. The molecule has 0 aromatic carbocycles. The number of aryl methyl sites for hydroxylation is 1. The van der Waals surface area contributed by atoms with Crippen molar-refractivity contribution >= 4 is 28.6 Å². The van der Waals surface area contributed by atoms with Crippen LogP contribution in [-0.4, -0.2) is 55.5 Å². The van der Waals surface area contributed by atoms with Crippen molar-refractivity contribution in [3.63, 3.8) is 0 Å². The van der Waals surface area contributed by atoms with E-state index in [4.69, 9.17) is 9.15 Å². The number of aromatic nitrogens is 5. The summed E-state index contributed by atoms with van der Waals surface area (Å²) in [5, 5.41) is 19.2. The minimum Gasteiger partial charge on any atom is -0.466 e. The number of anilines is 1. The Labute approximate surface area is 172 Å². The van der Waals surface area contributed by atoms with Gasteiger partial charge in [-0.05, 0) is 20.8 Å². The summed E-state index contributed by atoms with van der Waals surface area (Å²) in [5.41, 5.74) is 1.91. The fourth-order valence-electron chi connectivity index (χ4n) is 3.33. The number of nitrogens with one attached hydrogen (secondary N) is 2. The third-order valence-corrected chi connectivity index (χ3v) is 4.73. The van der Waals surface area contributed by atoms with Crippen molar-refractivity contribution in [2.24, 2.45) is 0 Å². The van der Waals surface area contributed by atoms with E-state index in [1.54, 1.807) is 17.1 Å². The van der Waals surface area contributed by atoms with E-state index in [9.17, 15) is 9.59 Å². The van der Waals surface area contributed by atoms with Crippen molar-refractivity contribution < 1.29 is 18.7 Å². The molecule has 0 spiro atoms. The Balaban J connectivity index is 1.74. The van der Waals surface area contributed by atoms with Crippen molar-refractivity contribution in [1.29, 1.82) is 0 Å². The van der Waals surface area contributed by atoms with Gasteiger partial charge < -0.3 is 19.8 Å². The van der Waals surface area contributed by atoms with Crippen molar-refractivity contribution in [1.82, 2.24) is 30.3 Å². The van der Waals surface area contributed by atoms with E-state index in [1.807, 2.05) is 20.8 Å². The number of cyclic esters (lactones) is 1. The Morgan fingerprint density at radius 1 is 1.33 bits per heavy atom. The Bertz CT molecular complexity index is 1090. The van der Waals surface area contributed by atoms with E-state index in [0.717, 1.165) is 5.39 Å². The molecule has 158 valence electrons. The summed E-state index contributed by atoms with van der Waals surface area (Å²) in [6.07, 6.45) is 4.23. The topological polar surface area (TPSA) is 137 Å². The van der Waals surface area contributed by atoms with Gasteiger partial charge in [0.25, 0.3) is 5.89 Å². The molecule has 0 bridgehead atoms. The Kier molecular flexibility index (Phi) is 5.34. The summed E-state index contributed by atoms with van der Waals surface area (Å²) >= 11 is 0. The maximum absolute atomic E-state index is 12.2. The molecule has 11 nitrogen and oxygen atoms in total. The lowest BCUT2D eigenvalue weighted by molar-refractivity contribution is -0.147. The highest BCUT2D eigenvalue weighted by Crippen LogP contribution is 2.34. The van der Waals surface area contributed by atoms with Crippen molar-refractivity contribution in [3.8, 4) is 11.5 Å². The first-order valence-corrected chi connectivity index (χ1v) is 9.87. The number of carbonyl (C=O) groups is 2. The average molecular weight is 413 g/mol. The highest BCUT2D eigenvalue weighted by Gasteiger charge is 2.26. The summed E-state index contributed by atoms with van der Waals surface area (Å²) in [6, 6.07) is -0.179. The van der Waals surface area contributed by atoms with Crippen LogP contribution in [0.1, 0.15) is 44.3 Å². The third kappa shape index (κ3) is 3.82. The number of rotatable bonds is 6. The first-order chi connectivity index (χ1) is 14.5. The number of fused-ring (bicyclic) bond motifs is 1. The second kappa shape index (κ2) is 8.09. The van der Waals surface area contributed by atoms with Crippen LogP contribution in [0.5, 0.6) is 0 Å². The van der Waals surface area contributed by atoms with Gasteiger partial charge in [-0.25, -0.2) is 9.67 Å². The van der Waals surface area contributed by atoms with Crippen molar-refractivity contribution in [2.75, 3.05) is 11.9 Å². The summed E-state index contributed by atoms with van der Waals surface area (Å²) < 4.78 is 12.4. The van der Waals surface area contributed by atoms with Crippen LogP contribution in [-0.2, 0) is 16.1 Å². The fourth-order valence-corrected chi connectivity index (χ4v) is 3.33. The number of esters is 1. The zero-order chi connectivity index (χ0) is 21.3. The molecule has 0 saturated carbocycles. The molecule has 3 aromatic rings. The van der Waals surface area contributed by atoms with Gasteiger partial charge in [0, 0.05) is 31.2 Å². The maximum Gasteiger partial charge on any atom is 0.309 e. The molecule has 0 aliphatic carbocycles. The molecule has 1 aliphatic heterocycles. The second-order valence-electron chi connectivity index (χ2n) is 7.34. The van der Waals surface area contributed by atoms with Gasteiger partial charge in [0.1, 0.15) is 0 Å². The molecular formula is C19H23N7O4. The van der Waals surface area contributed by atoms with Crippen LogP contribution >= 0.6 is 0 Å². The standard InChI is InChI=1S/C19H23N7O4/c1-4-26-16-12(9-21-26)15(23-11-5-6-29-14(27)7-11)13(8-20-16)18-24-25-19(30-18)17(28)22-10(2)3/h8-11H,4-7H2,1-3H3,(H,20,23)(H,22,28). The van der Waals surface area contributed by atoms with Gasteiger partial charge in [-0.15, -0.1) is 10.2 Å². The van der Waals surface area contributed by atoms with E-state index in [-0.39, 0.29) is 36.3 Å². The van der Waals surface area contributed by atoms with Gasteiger partial charge in [-0.1, -0.05) is 0 Å². The lowest BCUT2D eigenvalue weighted by Gasteiger charge is -2.24. The predicted molar refractivity (Wildman–Crippen MR) is 107 cm³/mol. The van der Waals surface area contributed by atoms with Crippen molar-refractivity contribution in [2.45, 2.75) is 52.2 Å². The van der Waals surface area contributed by atoms with Crippen LogP contribution in [0.2, 0.25) is 0 Å². The molecule has 1 amide bonds. The highest BCUT2D eigenvalue weighted by molar-refractivity contribution is 5.97. The zero-order valence-electron chi connectivity index (χ0n) is 17.0. The molecule has 1 saturated heterocycles. The molecule has 4 rings (SSSR count). The molecule has 1 unspecified atom stereocenters. The van der Waals surface area contributed by atoms with Gasteiger partial charge >= 0.3 is 17.8 Å². The SMILES string of the molecule is CCn1ncc2c(NC3CCOC(=O)C3)c(-c3nnc(C(=O)NC(C)C)o3)cnc21. The van der Waals surface area contributed by atoms with Gasteiger partial charge in [0.15, 0.2) is 5.65 Å². The first-order valence-electron chi connectivity index (χ1n) is 9.87. The summed E-state index contributed by atoms with van der Waals surface area (Å²) in [5.74, 6) is -0.667. The first kappa shape index (κ1) is 19.8. The lowest BCUT2D eigenvalue weighted by Crippen LogP contribution is -2.31. The number of pyridine rings is 1. The number of amides is 1. The Hall–Kier alpha value is -3.50. The average Bonchev–Trinajstić information content (AvgIpc) is 3.35. The van der Waals surface area contributed by atoms with Crippen LogP contribution in [0.4, 0.5) is 5.69 Å². The number of hydrogen-bond acceptors (Lipinski definition) is 9. The molecule has 30 heavy (non-hydrogen) atoms. The quantitative estimate of drug-likeness (QED) is 0.579. The Morgan fingerprint density at radius 2 is 2.17 bits per heavy atom. The van der Waals surface area contributed by atoms with Gasteiger partial charge in [-0.2, -0.15) is 5.10 Å². The van der Waals surface area contributed by atoms with Gasteiger partial charge in [0.2, 0.25) is 0 Å². The van der Waals surface area contributed by atoms with Gasteiger partial charge in [0.05, 0.1) is 35.9 Å². The largest absolute Gasteiger partial charge is 0.466 e. The monoisotopic (exact) mass is 413 g/mol. The van der Waals surface area contributed by atoms with Crippen LogP contribution in [0.3, 0.4) is 0 Å². The van der Waals surface area contributed by atoms with E-state index >= 15 is 0 Å². The van der Waals surface area contributed by atoms with E-state index in [2.05, 4.69) is 30.9 Å². The molecule has 1 aliphatic rings. The molecule has 1 fully saturated rings. The number of hydrogen-bond donors (Lipinski definition) is 2. The number of ether oxygens (including phenoxy) is 1. The molecular weight excluding hydrogens is 390 g/mol. The summed E-state index contributed by atoms with van der Waals surface area (Å²) in [6.45, 7) is 6.68. The van der Waals surface area contributed by atoms with Crippen LogP contribution in [0.25, 0.3) is 22.5 Å². The molecule has 1 atom stereocenters. The van der Waals surface area contributed by atoms with Crippen molar-refractivity contribution in [3.05, 3.63) is 18.3 Å².